The molecule has 4 nitrogen and oxygen atoms in total. The summed E-state index contributed by atoms with van der Waals surface area (Å²) in [4.78, 5) is 13.3. The van der Waals surface area contributed by atoms with E-state index in [0.717, 1.165) is 24.1 Å². The van der Waals surface area contributed by atoms with E-state index in [2.05, 4.69) is 0 Å². The zero-order chi connectivity index (χ0) is 12.7. The van der Waals surface area contributed by atoms with Crippen LogP contribution in [0, 0.1) is 0 Å². The van der Waals surface area contributed by atoms with E-state index in [1.54, 1.807) is 4.90 Å². The minimum absolute atomic E-state index is 0.0225. The Morgan fingerprint density at radius 2 is 2.24 bits per heavy atom. The Bertz CT molecular complexity index is 366. The predicted octanol–water partition coefficient (Wildman–Crippen LogP) is 0.923. The van der Waals surface area contributed by atoms with E-state index >= 15 is 0 Å². The topological polar surface area (TPSA) is 66.6 Å². The van der Waals surface area contributed by atoms with E-state index in [0.29, 0.717) is 6.54 Å². The third kappa shape index (κ3) is 3.84. The lowest BCUT2D eigenvalue weighted by molar-refractivity contribution is -0.117. The van der Waals surface area contributed by atoms with Crippen molar-refractivity contribution < 1.29 is 9.90 Å². The highest BCUT2D eigenvalue weighted by Gasteiger charge is 2.11. The van der Waals surface area contributed by atoms with Gasteiger partial charge in [0.1, 0.15) is 0 Å². The number of nitrogens with zero attached hydrogens (tertiary/aromatic N) is 1. The van der Waals surface area contributed by atoms with Gasteiger partial charge in [-0.2, -0.15) is 0 Å². The summed E-state index contributed by atoms with van der Waals surface area (Å²) in [7, 11) is 0. The van der Waals surface area contributed by atoms with Crippen molar-refractivity contribution in [3.05, 3.63) is 29.8 Å². The van der Waals surface area contributed by atoms with Crippen molar-refractivity contribution >= 4 is 11.6 Å². The third-order valence-electron chi connectivity index (χ3n) is 2.64. The summed E-state index contributed by atoms with van der Waals surface area (Å²) in [6.07, 6.45) is 1.55. The van der Waals surface area contributed by atoms with Crippen molar-refractivity contribution in [1.82, 2.24) is 0 Å². The van der Waals surface area contributed by atoms with E-state index in [4.69, 9.17) is 10.8 Å². The van der Waals surface area contributed by atoms with Crippen molar-refractivity contribution in [1.29, 1.82) is 0 Å². The molecule has 0 fully saturated rings. The van der Waals surface area contributed by atoms with Crippen molar-refractivity contribution in [2.75, 3.05) is 24.6 Å². The molecule has 0 saturated heterocycles. The number of aliphatic hydroxyl groups is 1. The molecule has 0 heterocycles. The van der Waals surface area contributed by atoms with Gasteiger partial charge in [0.25, 0.3) is 0 Å². The molecular formula is C13H20N2O2. The number of anilines is 1. The van der Waals surface area contributed by atoms with Gasteiger partial charge in [-0.1, -0.05) is 12.1 Å². The number of carbonyl (C=O) groups is 1. The normalized spacial score (nSPS) is 10.3. The first-order chi connectivity index (χ1) is 8.22. The van der Waals surface area contributed by atoms with Crippen LogP contribution in [-0.2, 0) is 11.2 Å². The molecule has 1 amide bonds. The lowest BCUT2D eigenvalue weighted by atomic mass is 10.1. The van der Waals surface area contributed by atoms with E-state index in [1.807, 2.05) is 31.2 Å². The molecular weight excluding hydrogens is 216 g/mol. The van der Waals surface area contributed by atoms with Gasteiger partial charge in [-0.15, -0.1) is 0 Å². The number of nitrogens with two attached hydrogens (primary N) is 1. The molecule has 0 aliphatic heterocycles. The van der Waals surface area contributed by atoms with E-state index in [9.17, 15) is 4.79 Å². The molecule has 0 aliphatic rings. The molecule has 17 heavy (non-hydrogen) atoms. The van der Waals surface area contributed by atoms with Crippen molar-refractivity contribution in [3.63, 3.8) is 0 Å². The van der Waals surface area contributed by atoms with Gasteiger partial charge >= 0.3 is 0 Å². The zero-order valence-corrected chi connectivity index (χ0v) is 10.2. The smallest absolute Gasteiger partial charge is 0.240 e. The first kappa shape index (κ1) is 13.7. The lowest BCUT2D eigenvalue weighted by Gasteiger charge is -2.20. The van der Waals surface area contributed by atoms with E-state index in [-0.39, 0.29) is 19.1 Å². The molecule has 0 spiro atoms. The number of rotatable bonds is 6. The summed E-state index contributed by atoms with van der Waals surface area (Å²) in [5.74, 6) is -0.0770. The fourth-order valence-electron chi connectivity index (χ4n) is 1.78. The third-order valence-corrected chi connectivity index (χ3v) is 2.64. The van der Waals surface area contributed by atoms with Crippen LogP contribution in [0.1, 0.15) is 18.9 Å². The van der Waals surface area contributed by atoms with Gasteiger partial charge in [0.2, 0.25) is 5.91 Å². The highest BCUT2D eigenvalue weighted by Crippen LogP contribution is 2.17. The predicted molar refractivity (Wildman–Crippen MR) is 68.9 cm³/mol. The molecule has 1 aromatic carbocycles. The molecule has 0 bridgehead atoms. The summed E-state index contributed by atoms with van der Waals surface area (Å²) >= 11 is 0. The minimum Gasteiger partial charge on any atom is -0.396 e. The van der Waals surface area contributed by atoms with Crippen LogP contribution in [0.15, 0.2) is 24.3 Å². The van der Waals surface area contributed by atoms with Crippen LogP contribution in [0.5, 0.6) is 0 Å². The monoisotopic (exact) mass is 236 g/mol. The molecule has 1 rings (SSSR count). The van der Waals surface area contributed by atoms with Crippen molar-refractivity contribution in [3.8, 4) is 0 Å². The van der Waals surface area contributed by atoms with Gasteiger partial charge in [-0.25, -0.2) is 0 Å². The summed E-state index contributed by atoms with van der Waals surface area (Å²) < 4.78 is 0. The van der Waals surface area contributed by atoms with E-state index in [1.165, 1.54) is 0 Å². The van der Waals surface area contributed by atoms with Crippen LogP contribution in [0.4, 0.5) is 5.69 Å². The highest BCUT2D eigenvalue weighted by atomic mass is 16.2. The maximum atomic E-state index is 11.6. The highest BCUT2D eigenvalue weighted by molar-refractivity contribution is 5.94. The molecule has 0 atom stereocenters. The quantitative estimate of drug-likeness (QED) is 0.772. The van der Waals surface area contributed by atoms with Crippen LogP contribution >= 0.6 is 0 Å². The second-order valence-electron chi connectivity index (χ2n) is 3.84. The fraction of sp³-hybridized carbons (Fsp3) is 0.462. The molecule has 0 aliphatic carbocycles. The molecule has 3 N–H and O–H groups in total. The first-order valence-corrected chi connectivity index (χ1v) is 5.93. The maximum absolute atomic E-state index is 11.6. The SMILES string of the molecule is CCN(C(=O)CN)c1cccc(CCCO)c1. The Morgan fingerprint density at radius 1 is 1.47 bits per heavy atom. The van der Waals surface area contributed by atoms with Gasteiger partial charge in [0.15, 0.2) is 0 Å². The van der Waals surface area contributed by atoms with Gasteiger partial charge < -0.3 is 15.7 Å². The molecule has 4 heteroatoms. The van der Waals surface area contributed by atoms with Crippen molar-refractivity contribution in [2.24, 2.45) is 5.73 Å². The average molecular weight is 236 g/mol. The Morgan fingerprint density at radius 3 is 2.82 bits per heavy atom. The van der Waals surface area contributed by atoms with Crippen LogP contribution in [0.25, 0.3) is 0 Å². The van der Waals surface area contributed by atoms with Crippen molar-refractivity contribution in [2.45, 2.75) is 19.8 Å². The van der Waals surface area contributed by atoms with E-state index < -0.39 is 0 Å². The summed E-state index contributed by atoms with van der Waals surface area (Å²) in [6.45, 7) is 2.74. The largest absolute Gasteiger partial charge is 0.396 e. The van der Waals surface area contributed by atoms with Crippen LogP contribution in [-0.4, -0.2) is 30.7 Å². The Balaban J connectivity index is 2.84. The van der Waals surface area contributed by atoms with Gasteiger partial charge in [0.05, 0.1) is 6.54 Å². The number of likely N-dealkylation sites (N-methyl/N-ethyl adjacent to an activating group) is 1. The number of aliphatic hydroxyl groups excluding tert-OH is 1. The minimum atomic E-state index is -0.0770. The molecule has 1 aromatic rings. The molecule has 94 valence electrons. The number of hydrogen-bond donors (Lipinski definition) is 2. The molecule has 0 radical (unpaired) electrons. The van der Waals surface area contributed by atoms with Gasteiger partial charge in [-0.3, -0.25) is 4.79 Å². The number of carbonyl (C=O) groups excluding carboxylic acids is 1. The average Bonchev–Trinajstić information content (AvgIpc) is 2.37. The van der Waals surface area contributed by atoms with Gasteiger partial charge in [0, 0.05) is 18.8 Å². The van der Waals surface area contributed by atoms with Crippen LogP contribution in [0.2, 0.25) is 0 Å². The summed E-state index contributed by atoms with van der Waals surface area (Å²) in [5.41, 5.74) is 7.38. The first-order valence-electron chi connectivity index (χ1n) is 5.93. The number of hydrogen-bond acceptors (Lipinski definition) is 3. The Kier molecular flexibility index (Phi) is 5.66. The number of benzene rings is 1. The Labute approximate surface area is 102 Å². The van der Waals surface area contributed by atoms with Crippen LogP contribution in [0.3, 0.4) is 0 Å². The summed E-state index contributed by atoms with van der Waals surface area (Å²) in [6, 6.07) is 7.81. The zero-order valence-electron chi connectivity index (χ0n) is 10.2. The number of aryl methyl sites for hydroxylation is 1. The fourth-order valence-corrected chi connectivity index (χ4v) is 1.78. The second-order valence-corrected chi connectivity index (χ2v) is 3.84. The Hall–Kier alpha value is -1.39. The standard InChI is InChI=1S/C13H20N2O2/c1-2-15(13(17)10-14)12-7-3-5-11(9-12)6-4-8-16/h3,5,7,9,16H,2,4,6,8,10,14H2,1H3. The second kappa shape index (κ2) is 7.04. The summed E-state index contributed by atoms with van der Waals surface area (Å²) in [5, 5.41) is 8.80. The lowest BCUT2D eigenvalue weighted by Crippen LogP contribution is -2.35. The van der Waals surface area contributed by atoms with Crippen LogP contribution < -0.4 is 10.6 Å². The molecule has 0 saturated carbocycles. The molecule has 0 unspecified atom stereocenters. The number of amides is 1. The van der Waals surface area contributed by atoms with Gasteiger partial charge in [-0.05, 0) is 37.5 Å². The maximum Gasteiger partial charge on any atom is 0.240 e. The molecule has 0 aromatic heterocycles.